The number of hydrogen-bond donors (Lipinski definition) is 1. The van der Waals surface area contributed by atoms with Gasteiger partial charge in [-0.2, -0.15) is 0 Å². The Bertz CT molecular complexity index is 746. The lowest BCUT2D eigenvalue weighted by molar-refractivity contribution is -0.122. The number of rotatable bonds is 5. The molecule has 2 heterocycles. The van der Waals surface area contributed by atoms with Crippen LogP contribution in [0.5, 0.6) is 0 Å². The molecule has 26 heavy (non-hydrogen) atoms. The number of nitrogens with zero attached hydrogens (tertiary/aromatic N) is 2. The van der Waals surface area contributed by atoms with E-state index in [4.69, 9.17) is 0 Å². The number of benzene rings is 2. The van der Waals surface area contributed by atoms with E-state index < -0.39 is 0 Å². The molecule has 1 saturated heterocycles. The maximum absolute atomic E-state index is 12.4. The molecule has 2 aromatic carbocycles. The van der Waals surface area contributed by atoms with Gasteiger partial charge in [0.05, 0.1) is 6.54 Å². The Kier molecular flexibility index (Phi) is 5.21. The van der Waals surface area contributed by atoms with Crippen molar-refractivity contribution in [3.63, 3.8) is 0 Å². The van der Waals surface area contributed by atoms with E-state index in [0.29, 0.717) is 12.5 Å². The summed E-state index contributed by atoms with van der Waals surface area (Å²) in [5.41, 5.74) is 4.07. The third-order valence-corrected chi connectivity index (χ3v) is 5.57. The van der Waals surface area contributed by atoms with Crippen LogP contribution < -0.4 is 10.2 Å². The Hall–Kier alpha value is -2.33. The van der Waals surface area contributed by atoms with E-state index in [1.54, 1.807) is 0 Å². The molecule has 0 bridgehead atoms. The maximum atomic E-state index is 12.4. The van der Waals surface area contributed by atoms with Crippen molar-refractivity contribution < 1.29 is 4.79 Å². The Morgan fingerprint density at radius 3 is 2.62 bits per heavy atom. The van der Waals surface area contributed by atoms with Gasteiger partial charge in [0.25, 0.3) is 0 Å². The number of carbonyl (C=O) groups excluding carboxylic acids is 1. The zero-order valence-corrected chi connectivity index (χ0v) is 15.2. The Morgan fingerprint density at radius 1 is 1.00 bits per heavy atom. The highest BCUT2D eigenvalue weighted by atomic mass is 16.2. The molecule has 1 atom stereocenters. The molecule has 1 N–H and O–H groups in total. The number of anilines is 1. The van der Waals surface area contributed by atoms with E-state index in [-0.39, 0.29) is 5.91 Å². The smallest absolute Gasteiger partial charge is 0.234 e. The van der Waals surface area contributed by atoms with E-state index in [0.717, 1.165) is 45.6 Å². The summed E-state index contributed by atoms with van der Waals surface area (Å²) in [7, 11) is 0. The second-order valence-corrected chi connectivity index (χ2v) is 7.47. The summed E-state index contributed by atoms with van der Waals surface area (Å²) in [5.74, 6) is 0.698. The molecule has 2 aliphatic heterocycles. The molecule has 2 aliphatic rings. The van der Waals surface area contributed by atoms with Crippen LogP contribution in [0.2, 0.25) is 0 Å². The lowest BCUT2D eigenvalue weighted by Crippen LogP contribution is -2.41. The normalized spacial score (nSPS) is 20.0. The van der Waals surface area contributed by atoms with E-state index >= 15 is 0 Å². The van der Waals surface area contributed by atoms with Crippen molar-refractivity contribution in [2.75, 3.05) is 37.6 Å². The number of fused-ring (bicyclic) bond motifs is 1. The van der Waals surface area contributed by atoms with Crippen molar-refractivity contribution in [2.45, 2.75) is 19.4 Å². The molecule has 0 spiro atoms. The Morgan fingerprint density at radius 2 is 1.77 bits per heavy atom. The fraction of sp³-hybridized carbons (Fsp3) is 0.409. The van der Waals surface area contributed by atoms with Gasteiger partial charge in [0.15, 0.2) is 0 Å². The third-order valence-electron chi connectivity index (χ3n) is 5.57. The van der Waals surface area contributed by atoms with Crippen LogP contribution in [0.3, 0.4) is 0 Å². The molecular weight excluding hydrogens is 322 g/mol. The van der Waals surface area contributed by atoms with Crippen LogP contribution in [0.25, 0.3) is 0 Å². The number of carbonyl (C=O) groups is 1. The van der Waals surface area contributed by atoms with Gasteiger partial charge in [-0.3, -0.25) is 9.69 Å². The molecule has 0 saturated carbocycles. The lowest BCUT2D eigenvalue weighted by atomic mass is 10.00. The molecule has 0 unspecified atom stereocenters. The first kappa shape index (κ1) is 17.1. The second kappa shape index (κ2) is 7.92. The van der Waals surface area contributed by atoms with Crippen molar-refractivity contribution >= 4 is 11.6 Å². The summed E-state index contributed by atoms with van der Waals surface area (Å²) < 4.78 is 0. The van der Waals surface area contributed by atoms with Gasteiger partial charge >= 0.3 is 0 Å². The van der Waals surface area contributed by atoms with Crippen LogP contribution in [0.15, 0.2) is 54.6 Å². The first-order chi connectivity index (χ1) is 12.8. The van der Waals surface area contributed by atoms with Crippen molar-refractivity contribution in [1.29, 1.82) is 0 Å². The number of para-hydroxylation sites is 1. The minimum Gasteiger partial charge on any atom is -0.371 e. The fourth-order valence-electron chi connectivity index (χ4n) is 4.08. The highest BCUT2D eigenvalue weighted by molar-refractivity contribution is 5.78. The SMILES string of the molecule is O=C(CN1CCc2ccccc2C1)NC[C@@H]1CCN(c2ccccc2)C1. The zero-order valence-electron chi connectivity index (χ0n) is 15.2. The topological polar surface area (TPSA) is 35.6 Å². The molecule has 0 aromatic heterocycles. The fourth-order valence-corrected chi connectivity index (χ4v) is 4.08. The van der Waals surface area contributed by atoms with Crippen LogP contribution in [-0.2, 0) is 17.8 Å². The van der Waals surface area contributed by atoms with Crippen molar-refractivity contribution in [3.8, 4) is 0 Å². The molecule has 4 heteroatoms. The molecule has 0 radical (unpaired) electrons. The van der Waals surface area contributed by atoms with E-state index in [1.165, 1.54) is 16.8 Å². The largest absolute Gasteiger partial charge is 0.371 e. The Balaban J connectivity index is 1.22. The van der Waals surface area contributed by atoms with E-state index in [2.05, 4.69) is 69.7 Å². The molecule has 2 aromatic rings. The van der Waals surface area contributed by atoms with Crippen LogP contribution >= 0.6 is 0 Å². The molecule has 0 aliphatic carbocycles. The van der Waals surface area contributed by atoms with Gasteiger partial charge in [0.2, 0.25) is 5.91 Å². The molecule has 4 nitrogen and oxygen atoms in total. The van der Waals surface area contributed by atoms with Gasteiger partial charge in [-0.05, 0) is 42.0 Å². The molecule has 1 fully saturated rings. The van der Waals surface area contributed by atoms with Gasteiger partial charge in [-0.1, -0.05) is 42.5 Å². The second-order valence-electron chi connectivity index (χ2n) is 7.47. The molecule has 136 valence electrons. The standard InChI is InChI=1S/C22H27N3O/c26-22(17-24-12-11-19-6-4-5-7-20(19)16-24)23-14-18-10-13-25(15-18)21-8-2-1-3-9-21/h1-9,18H,10-17H2,(H,23,26)/t18-/m0/s1. The molecular formula is C22H27N3O. The van der Waals surface area contributed by atoms with E-state index in [9.17, 15) is 4.79 Å². The number of nitrogens with one attached hydrogen (secondary N) is 1. The minimum absolute atomic E-state index is 0.155. The highest BCUT2D eigenvalue weighted by Crippen LogP contribution is 2.23. The number of amides is 1. The first-order valence-electron chi connectivity index (χ1n) is 9.64. The summed E-state index contributed by atoms with van der Waals surface area (Å²) in [5, 5.41) is 3.16. The highest BCUT2D eigenvalue weighted by Gasteiger charge is 2.23. The first-order valence-corrected chi connectivity index (χ1v) is 9.64. The summed E-state index contributed by atoms with van der Waals surface area (Å²) in [6.45, 7) is 5.25. The van der Waals surface area contributed by atoms with E-state index in [1.807, 2.05) is 0 Å². The molecule has 1 amide bonds. The van der Waals surface area contributed by atoms with Crippen molar-refractivity contribution in [2.24, 2.45) is 5.92 Å². The summed E-state index contributed by atoms with van der Waals surface area (Å²) in [6.07, 6.45) is 2.18. The van der Waals surface area contributed by atoms with Gasteiger partial charge in [0.1, 0.15) is 0 Å². The van der Waals surface area contributed by atoms with Gasteiger partial charge in [0, 0.05) is 38.4 Å². The average molecular weight is 349 g/mol. The average Bonchev–Trinajstić information content (AvgIpc) is 3.16. The maximum Gasteiger partial charge on any atom is 0.234 e. The third kappa shape index (κ3) is 4.07. The predicted octanol–water partition coefficient (Wildman–Crippen LogP) is 2.69. The van der Waals surface area contributed by atoms with Crippen molar-refractivity contribution in [1.82, 2.24) is 10.2 Å². The van der Waals surface area contributed by atoms with Gasteiger partial charge in [-0.25, -0.2) is 0 Å². The number of hydrogen-bond acceptors (Lipinski definition) is 3. The van der Waals surface area contributed by atoms with Crippen molar-refractivity contribution in [3.05, 3.63) is 65.7 Å². The monoisotopic (exact) mass is 349 g/mol. The summed E-state index contributed by atoms with van der Waals surface area (Å²) in [4.78, 5) is 17.0. The summed E-state index contributed by atoms with van der Waals surface area (Å²) >= 11 is 0. The van der Waals surface area contributed by atoms with Crippen LogP contribution in [0.4, 0.5) is 5.69 Å². The summed E-state index contributed by atoms with van der Waals surface area (Å²) in [6, 6.07) is 19.1. The minimum atomic E-state index is 0.155. The van der Waals surface area contributed by atoms with Gasteiger partial charge < -0.3 is 10.2 Å². The quantitative estimate of drug-likeness (QED) is 0.901. The van der Waals surface area contributed by atoms with Gasteiger partial charge in [-0.15, -0.1) is 0 Å². The molecule has 4 rings (SSSR count). The predicted molar refractivity (Wildman–Crippen MR) is 105 cm³/mol. The van der Waals surface area contributed by atoms with Crippen LogP contribution in [-0.4, -0.2) is 43.5 Å². The van der Waals surface area contributed by atoms with Crippen LogP contribution in [0.1, 0.15) is 17.5 Å². The Labute approximate surface area is 155 Å². The van der Waals surface area contributed by atoms with Crippen LogP contribution in [0, 0.1) is 5.92 Å². The zero-order chi connectivity index (χ0) is 17.8. The lowest BCUT2D eigenvalue weighted by Gasteiger charge is -2.28.